The predicted molar refractivity (Wildman–Crippen MR) is 82.2 cm³/mol. The summed E-state index contributed by atoms with van der Waals surface area (Å²) >= 11 is 1.47. The van der Waals surface area contributed by atoms with E-state index >= 15 is 0 Å². The third-order valence-electron chi connectivity index (χ3n) is 3.57. The number of hydrogen-bond acceptors (Lipinski definition) is 3. The van der Waals surface area contributed by atoms with Crippen LogP contribution in [0.25, 0.3) is 0 Å². The molecule has 5 heteroatoms. The van der Waals surface area contributed by atoms with Gasteiger partial charge in [0.15, 0.2) is 0 Å². The van der Waals surface area contributed by atoms with Gasteiger partial charge in [-0.15, -0.1) is 11.3 Å². The molecular formula is C16H16N2O2S. The number of rotatable bonds is 5. The van der Waals surface area contributed by atoms with Gasteiger partial charge in [-0.05, 0) is 42.0 Å². The molecule has 4 nitrogen and oxygen atoms in total. The number of nitrogens with zero attached hydrogens (tertiary/aromatic N) is 1. The summed E-state index contributed by atoms with van der Waals surface area (Å²) < 4.78 is 0. The number of benzene rings is 1. The highest BCUT2D eigenvalue weighted by atomic mass is 32.1. The summed E-state index contributed by atoms with van der Waals surface area (Å²) in [6.45, 7) is 0.570. The van der Waals surface area contributed by atoms with Gasteiger partial charge in [-0.2, -0.15) is 0 Å². The number of carbonyl (C=O) groups is 2. The lowest BCUT2D eigenvalue weighted by Crippen LogP contribution is -2.32. The first-order valence-corrected chi connectivity index (χ1v) is 7.76. The number of hydrogen-bond donors (Lipinski definition) is 1. The highest BCUT2D eigenvalue weighted by Gasteiger charge is 2.33. The Bertz CT molecular complexity index is 645. The van der Waals surface area contributed by atoms with Gasteiger partial charge in [0.25, 0.3) is 5.91 Å². The fourth-order valence-electron chi connectivity index (χ4n) is 2.27. The summed E-state index contributed by atoms with van der Waals surface area (Å²) in [6, 6.07) is 11.2. The van der Waals surface area contributed by atoms with E-state index in [1.54, 1.807) is 12.1 Å². The van der Waals surface area contributed by atoms with E-state index in [1.807, 2.05) is 34.5 Å². The minimum absolute atomic E-state index is 0.0893. The molecule has 0 aliphatic heterocycles. The first kappa shape index (κ1) is 13.8. The Morgan fingerprint density at radius 3 is 2.43 bits per heavy atom. The van der Waals surface area contributed by atoms with E-state index in [4.69, 9.17) is 5.73 Å². The average Bonchev–Trinajstić information content (AvgIpc) is 3.18. The van der Waals surface area contributed by atoms with Gasteiger partial charge in [-0.1, -0.05) is 18.2 Å². The van der Waals surface area contributed by atoms with E-state index in [0.717, 1.165) is 23.3 Å². The molecule has 2 aromatic rings. The molecule has 2 amide bonds. The standard InChI is InChI=1S/C16H16N2O2S/c17-15(19)12-5-3-11(4-6-12)10-18(13-7-8-13)16(20)14-2-1-9-21-14/h1-6,9,13H,7-8,10H2,(H2,17,19). The molecule has 108 valence electrons. The Labute approximate surface area is 127 Å². The van der Waals surface area contributed by atoms with Gasteiger partial charge < -0.3 is 10.6 Å². The zero-order valence-electron chi connectivity index (χ0n) is 11.5. The summed E-state index contributed by atoms with van der Waals surface area (Å²) in [5, 5.41) is 1.92. The van der Waals surface area contributed by atoms with E-state index < -0.39 is 5.91 Å². The lowest BCUT2D eigenvalue weighted by Gasteiger charge is -2.22. The zero-order valence-corrected chi connectivity index (χ0v) is 12.3. The molecule has 3 rings (SSSR count). The van der Waals surface area contributed by atoms with Gasteiger partial charge in [0.05, 0.1) is 4.88 Å². The maximum absolute atomic E-state index is 12.5. The number of primary amides is 1. The van der Waals surface area contributed by atoms with Crippen molar-refractivity contribution in [2.45, 2.75) is 25.4 Å². The minimum atomic E-state index is -0.435. The molecule has 21 heavy (non-hydrogen) atoms. The molecule has 1 fully saturated rings. The molecule has 0 spiro atoms. The Morgan fingerprint density at radius 2 is 1.90 bits per heavy atom. The molecule has 1 saturated carbocycles. The van der Waals surface area contributed by atoms with Crippen molar-refractivity contribution in [3.63, 3.8) is 0 Å². The molecule has 0 radical (unpaired) electrons. The third kappa shape index (κ3) is 3.13. The van der Waals surface area contributed by atoms with Crippen LogP contribution in [-0.2, 0) is 6.54 Å². The van der Waals surface area contributed by atoms with Gasteiger partial charge in [0.1, 0.15) is 0 Å². The molecule has 0 unspecified atom stereocenters. The lowest BCUT2D eigenvalue weighted by atomic mass is 10.1. The van der Waals surface area contributed by atoms with E-state index in [1.165, 1.54) is 11.3 Å². The highest BCUT2D eigenvalue weighted by molar-refractivity contribution is 7.12. The van der Waals surface area contributed by atoms with Crippen molar-refractivity contribution in [2.24, 2.45) is 5.73 Å². The molecule has 1 aliphatic rings. The Balaban J connectivity index is 1.76. The fraction of sp³-hybridized carbons (Fsp3) is 0.250. The number of carbonyl (C=O) groups excluding carboxylic acids is 2. The summed E-state index contributed by atoms with van der Waals surface area (Å²) in [5.74, 6) is -0.346. The van der Waals surface area contributed by atoms with Crippen molar-refractivity contribution in [2.75, 3.05) is 0 Å². The van der Waals surface area contributed by atoms with Crippen molar-refractivity contribution < 1.29 is 9.59 Å². The van der Waals surface area contributed by atoms with Crippen LogP contribution in [0, 0.1) is 0 Å². The lowest BCUT2D eigenvalue weighted by molar-refractivity contribution is 0.0734. The quantitative estimate of drug-likeness (QED) is 0.922. The first-order valence-electron chi connectivity index (χ1n) is 6.88. The summed E-state index contributed by atoms with van der Waals surface area (Å²) in [5.41, 5.74) is 6.73. The molecule has 1 aromatic heterocycles. The number of nitrogens with two attached hydrogens (primary N) is 1. The van der Waals surface area contributed by atoms with Crippen LogP contribution in [0.5, 0.6) is 0 Å². The van der Waals surface area contributed by atoms with E-state index in [-0.39, 0.29) is 5.91 Å². The van der Waals surface area contributed by atoms with Crippen molar-refractivity contribution in [3.05, 3.63) is 57.8 Å². The third-order valence-corrected chi connectivity index (χ3v) is 4.43. The van der Waals surface area contributed by atoms with Gasteiger partial charge in [0.2, 0.25) is 5.91 Å². The summed E-state index contributed by atoms with van der Waals surface area (Å²) in [4.78, 5) is 26.3. The van der Waals surface area contributed by atoms with E-state index in [0.29, 0.717) is 18.2 Å². The Morgan fingerprint density at radius 1 is 1.19 bits per heavy atom. The van der Waals surface area contributed by atoms with Crippen LogP contribution in [0.1, 0.15) is 38.4 Å². The maximum Gasteiger partial charge on any atom is 0.264 e. The second-order valence-electron chi connectivity index (χ2n) is 5.20. The van der Waals surface area contributed by atoms with E-state index in [9.17, 15) is 9.59 Å². The molecule has 2 N–H and O–H groups in total. The molecule has 0 bridgehead atoms. The van der Waals surface area contributed by atoms with Crippen LogP contribution in [0.15, 0.2) is 41.8 Å². The van der Waals surface area contributed by atoms with E-state index in [2.05, 4.69) is 0 Å². The average molecular weight is 300 g/mol. The van der Waals surface area contributed by atoms with Crippen LogP contribution >= 0.6 is 11.3 Å². The molecule has 1 aliphatic carbocycles. The predicted octanol–water partition coefficient (Wildman–Crippen LogP) is 2.65. The van der Waals surface area contributed by atoms with Crippen molar-refractivity contribution in [3.8, 4) is 0 Å². The maximum atomic E-state index is 12.5. The highest BCUT2D eigenvalue weighted by Crippen LogP contribution is 2.30. The smallest absolute Gasteiger partial charge is 0.264 e. The van der Waals surface area contributed by atoms with Crippen LogP contribution in [0.2, 0.25) is 0 Å². The van der Waals surface area contributed by atoms with Crippen LogP contribution < -0.4 is 5.73 Å². The van der Waals surface area contributed by atoms with Gasteiger partial charge in [-0.25, -0.2) is 0 Å². The summed E-state index contributed by atoms with van der Waals surface area (Å²) in [7, 11) is 0. The zero-order chi connectivity index (χ0) is 14.8. The van der Waals surface area contributed by atoms with Crippen LogP contribution in [0.4, 0.5) is 0 Å². The normalized spacial score (nSPS) is 13.9. The Hall–Kier alpha value is -2.14. The Kier molecular flexibility index (Phi) is 3.75. The van der Waals surface area contributed by atoms with Crippen LogP contribution in [-0.4, -0.2) is 22.8 Å². The molecule has 0 atom stereocenters. The molecule has 0 saturated heterocycles. The van der Waals surface area contributed by atoms with Gasteiger partial charge in [-0.3, -0.25) is 9.59 Å². The molecule has 1 heterocycles. The number of thiophene rings is 1. The van der Waals surface area contributed by atoms with Crippen molar-refractivity contribution in [1.29, 1.82) is 0 Å². The minimum Gasteiger partial charge on any atom is -0.366 e. The summed E-state index contributed by atoms with van der Waals surface area (Å²) in [6.07, 6.45) is 2.13. The second-order valence-corrected chi connectivity index (χ2v) is 6.15. The molecule has 1 aromatic carbocycles. The number of amides is 2. The van der Waals surface area contributed by atoms with Crippen molar-refractivity contribution >= 4 is 23.2 Å². The first-order chi connectivity index (χ1) is 10.1. The second kappa shape index (κ2) is 5.69. The van der Waals surface area contributed by atoms with Crippen molar-refractivity contribution in [1.82, 2.24) is 4.90 Å². The molecular weight excluding hydrogens is 284 g/mol. The fourth-order valence-corrected chi connectivity index (χ4v) is 2.94. The van der Waals surface area contributed by atoms with Gasteiger partial charge in [0, 0.05) is 18.2 Å². The largest absolute Gasteiger partial charge is 0.366 e. The topological polar surface area (TPSA) is 63.4 Å². The SMILES string of the molecule is NC(=O)c1ccc(CN(C(=O)c2cccs2)C2CC2)cc1. The van der Waals surface area contributed by atoms with Gasteiger partial charge >= 0.3 is 0 Å². The monoisotopic (exact) mass is 300 g/mol. The van der Waals surface area contributed by atoms with Crippen LogP contribution in [0.3, 0.4) is 0 Å².